The predicted octanol–water partition coefficient (Wildman–Crippen LogP) is 4.53. The number of ether oxygens (including phenoxy) is 1. The normalized spacial score (nSPS) is 10.7. The Bertz CT molecular complexity index is 333. The third-order valence-electron chi connectivity index (χ3n) is 1.40. The molecule has 14 heavy (non-hydrogen) atoms. The maximum Gasteiger partial charge on any atom is 0.387 e. The van der Waals surface area contributed by atoms with E-state index in [0.717, 1.165) is 4.47 Å². The molecule has 0 spiro atoms. The van der Waals surface area contributed by atoms with E-state index in [0.29, 0.717) is 9.37 Å². The summed E-state index contributed by atoms with van der Waals surface area (Å²) in [5.74, 6) is 0.177. The first kappa shape index (κ1) is 12.3. The van der Waals surface area contributed by atoms with Crippen LogP contribution in [0.15, 0.2) is 26.0 Å². The van der Waals surface area contributed by atoms with E-state index in [2.05, 4.69) is 36.6 Å². The van der Waals surface area contributed by atoms with E-state index in [1.54, 1.807) is 18.4 Å². The number of rotatable bonds is 3. The molecular formula is C8H6Br2F2OS. The minimum absolute atomic E-state index is 0.177. The summed E-state index contributed by atoms with van der Waals surface area (Å²) in [7, 11) is 0. The van der Waals surface area contributed by atoms with Gasteiger partial charge in [-0.15, -0.1) is 11.8 Å². The van der Waals surface area contributed by atoms with Crippen molar-refractivity contribution in [3.05, 3.63) is 21.1 Å². The fourth-order valence-corrected chi connectivity index (χ4v) is 3.08. The molecule has 0 bridgehead atoms. The molecule has 0 radical (unpaired) electrons. The Labute approximate surface area is 101 Å². The standard InChI is InChI=1S/C8H6Br2F2OS/c1-14-6-3-4(9)2-5(10)7(6)13-8(11)12/h2-3,8H,1H3. The van der Waals surface area contributed by atoms with E-state index in [1.807, 2.05) is 0 Å². The first-order valence-electron chi connectivity index (χ1n) is 3.52. The van der Waals surface area contributed by atoms with Crippen LogP contribution in [0.5, 0.6) is 5.75 Å². The van der Waals surface area contributed by atoms with Gasteiger partial charge in [-0.25, -0.2) is 0 Å². The minimum Gasteiger partial charge on any atom is -0.432 e. The van der Waals surface area contributed by atoms with Gasteiger partial charge in [0.25, 0.3) is 0 Å². The second-order valence-corrected chi connectivity index (χ2v) is 4.92. The van der Waals surface area contributed by atoms with Gasteiger partial charge >= 0.3 is 6.61 Å². The number of hydrogen-bond acceptors (Lipinski definition) is 2. The highest BCUT2D eigenvalue weighted by Crippen LogP contribution is 2.38. The summed E-state index contributed by atoms with van der Waals surface area (Å²) >= 11 is 7.78. The third-order valence-corrected chi connectivity index (χ3v) is 3.19. The van der Waals surface area contributed by atoms with Crippen molar-refractivity contribution >= 4 is 43.6 Å². The lowest BCUT2D eigenvalue weighted by molar-refractivity contribution is -0.0522. The van der Waals surface area contributed by atoms with Gasteiger partial charge in [-0.2, -0.15) is 8.78 Å². The average molecular weight is 348 g/mol. The van der Waals surface area contributed by atoms with Gasteiger partial charge in [0, 0.05) is 4.47 Å². The molecule has 0 fully saturated rings. The van der Waals surface area contributed by atoms with Crippen molar-refractivity contribution in [1.82, 2.24) is 0 Å². The first-order valence-corrected chi connectivity index (χ1v) is 6.33. The summed E-state index contributed by atoms with van der Waals surface area (Å²) < 4.78 is 29.8. The smallest absolute Gasteiger partial charge is 0.387 e. The van der Waals surface area contributed by atoms with Crippen molar-refractivity contribution in [3.8, 4) is 5.75 Å². The number of hydrogen-bond donors (Lipinski definition) is 0. The minimum atomic E-state index is -2.81. The monoisotopic (exact) mass is 346 g/mol. The lowest BCUT2D eigenvalue weighted by Crippen LogP contribution is -2.03. The molecule has 0 atom stereocenters. The Balaban J connectivity index is 3.11. The Morgan fingerprint density at radius 3 is 2.50 bits per heavy atom. The molecular weight excluding hydrogens is 342 g/mol. The van der Waals surface area contributed by atoms with E-state index in [9.17, 15) is 8.78 Å². The number of alkyl halides is 2. The van der Waals surface area contributed by atoms with E-state index in [-0.39, 0.29) is 5.75 Å². The highest BCUT2D eigenvalue weighted by Gasteiger charge is 2.13. The van der Waals surface area contributed by atoms with Gasteiger partial charge in [-0.1, -0.05) is 15.9 Å². The van der Waals surface area contributed by atoms with Crippen LogP contribution < -0.4 is 4.74 Å². The Morgan fingerprint density at radius 1 is 1.36 bits per heavy atom. The summed E-state index contributed by atoms with van der Waals surface area (Å²) in [5.41, 5.74) is 0. The zero-order valence-electron chi connectivity index (χ0n) is 7.06. The Kier molecular flexibility index (Phi) is 4.66. The van der Waals surface area contributed by atoms with E-state index in [4.69, 9.17) is 0 Å². The van der Waals surface area contributed by atoms with Crippen LogP contribution in [0.2, 0.25) is 0 Å². The molecule has 0 saturated heterocycles. The van der Waals surface area contributed by atoms with Crippen molar-refractivity contribution in [2.45, 2.75) is 11.5 Å². The first-order chi connectivity index (χ1) is 6.54. The zero-order chi connectivity index (χ0) is 10.7. The largest absolute Gasteiger partial charge is 0.432 e. The van der Waals surface area contributed by atoms with Crippen molar-refractivity contribution in [1.29, 1.82) is 0 Å². The molecule has 1 aromatic carbocycles. The molecule has 0 aliphatic carbocycles. The van der Waals surface area contributed by atoms with Gasteiger partial charge in [-0.3, -0.25) is 0 Å². The maximum absolute atomic E-state index is 12.1. The van der Waals surface area contributed by atoms with Crippen molar-refractivity contribution < 1.29 is 13.5 Å². The second-order valence-electron chi connectivity index (χ2n) is 2.30. The second kappa shape index (κ2) is 5.32. The zero-order valence-corrected chi connectivity index (χ0v) is 11.0. The number of benzene rings is 1. The molecule has 0 aliphatic rings. The van der Waals surface area contributed by atoms with Crippen LogP contribution in [0.1, 0.15) is 0 Å². The molecule has 1 rings (SSSR count). The number of halogens is 4. The predicted molar refractivity (Wildman–Crippen MR) is 60.3 cm³/mol. The SMILES string of the molecule is CSc1cc(Br)cc(Br)c1OC(F)F. The average Bonchev–Trinajstić information content (AvgIpc) is 2.08. The molecule has 0 heterocycles. The molecule has 0 N–H and O–H groups in total. The lowest BCUT2D eigenvalue weighted by Gasteiger charge is -2.11. The fraction of sp³-hybridized carbons (Fsp3) is 0.250. The van der Waals surface area contributed by atoms with Gasteiger partial charge in [0.15, 0.2) is 5.75 Å². The molecule has 0 unspecified atom stereocenters. The van der Waals surface area contributed by atoms with Crippen molar-refractivity contribution in [3.63, 3.8) is 0 Å². The van der Waals surface area contributed by atoms with Crippen LogP contribution in [-0.4, -0.2) is 12.9 Å². The summed E-state index contributed by atoms with van der Waals surface area (Å²) in [6, 6.07) is 3.39. The molecule has 0 saturated carbocycles. The highest BCUT2D eigenvalue weighted by molar-refractivity contribution is 9.11. The van der Waals surface area contributed by atoms with E-state index < -0.39 is 6.61 Å². The molecule has 1 nitrogen and oxygen atoms in total. The summed E-state index contributed by atoms with van der Waals surface area (Å²) in [4.78, 5) is 0.659. The molecule has 0 aliphatic heterocycles. The molecule has 0 aromatic heterocycles. The quantitative estimate of drug-likeness (QED) is 0.742. The van der Waals surface area contributed by atoms with Gasteiger partial charge in [-0.05, 0) is 34.3 Å². The summed E-state index contributed by atoms with van der Waals surface area (Å²) in [5, 5.41) is 0. The van der Waals surface area contributed by atoms with Gasteiger partial charge in [0.1, 0.15) is 0 Å². The Morgan fingerprint density at radius 2 is 2.00 bits per heavy atom. The van der Waals surface area contributed by atoms with Gasteiger partial charge < -0.3 is 4.74 Å². The van der Waals surface area contributed by atoms with Crippen LogP contribution in [0.4, 0.5) is 8.78 Å². The molecule has 1 aromatic rings. The fourth-order valence-electron chi connectivity index (χ4n) is 0.892. The van der Waals surface area contributed by atoms with Crippen LogP contribution in [0, 0.1) is 0 Å². The molecule has 78 valence electrons. The summed E-state index contributed by atoms with van der Waals surface area (Å²) in [6.45, 7) is -2.81. The van der Waals surface area contributed by atoms with E-state index in [1.165, 1.54) is 11.8 Å². The van der Waals surface area contributed by atoms with Crippen molar-refractivity contribution in [2.24, 2.45) is 0 Å². The number of thioether (sulfide) groups is 1. The topological polar surface area (TPSA) is 9.23 Å². The summed E-state index contributed by atoms with van der Waals surface area (Å²) in [6.07, 6.45) is 1.80. The van der Waals surface area contributed by atoms with Crippen LogP contribution in [-0.2, 0) is 0 Å². The maximum atomic E-state index is 12.1. The van der Waals surface area contributed by atoms with Gasteiger partial charge in [0.2, 0.25) is 0 Å². The van der Waals surface area contributed by atoms with Gasteiger partial charge in [0.05, 0.1) is 9.37 Å². The van der Waals surface area contributed by atoms with Crippen LogP contribution in [0.25, 0.3) is 0 Å². The van der Waals surface area contributed by atoms with Crippen molar-refractivity contribution in [2.75, 3.05) is 6.26 Å². The highest BCUT2D eigenvalue weighted by atomic mass is 79.9. The molecule has 6 heteroatoms. The lowest BCUT2D eigenvalue weighted by atomic mass is 10.3. The molecule has 0 amide bonds. The van der Waals surface area contributed by atoms with Crippen LogP contribution >= 0.6 is 43.6 Å². The third kappa shape index (κ3) is 3.10. The van der Waals surface area contributed by atoms with Crippen LogP contribution in [0.3, 0.4) is 0 Å². The Hall–Kier alpha value is 0.190. The van der Waals surface area contributed by atoms with E-state index >= 15 is 0 Å².